The number of benzene rings is 1. The van der Waals surface area contributed by atoms with E-state index in [1.807, 2.05) is 0 Å². The van der Waals surface area contributed by atoms with E-state index in [1.165, 1.54) is 10.6 Å². The van der Waals surface area contributed by atoms with Gasteiger partial charge in [-0.1, -0.05) is 95.5 Å². The molecule has 4 heteroatoms. The van der Waals surface area contributed by atoms with Crippen LogP contribution in [0.25, 0.3) is 0 Å². The van der Waals surface area contributed by atoms with Crippen molar-refractivity contribution in [3.63, 3.8) is 0 Å². The van der Waals surface area contributed by atoms with Gasteiger partial charge >= 0.3 is 0 Å². The van der Waals surface area contributed by atoms with E-state index in [2.05, 4.69) is 79.7 Å². The van der Waals surface area contributed by atoms with Crippen molar-refractivity contribution >= 4 is 38.0 Å². The second-order valence-corrected chi connectivity index (χ2v) is 18.3. The van der Waals surface area contributed by atoms with E-state index in [-0.39, 0.29) is 20.6 Å². The SMILES string of the molecule is CC1(C)CC(=O)CC(C)(C)P1c1ccccc1P1C(C)(C)CC(=O)CC1(C)C. The molecule has 2 heterocycles. The summed E-state index contributed by atoms with van der Waals surface area (Å²) in [5.41, 5.74) is 0. The Bertz CT molecular complexity index is 698. The molecule has 2 nitrogen and oxygen atoms in total. The highest BCUT2D eigenvalue weighted by molar-refractivity contribution is 7.75. The van der Waals surface area contributed by atoms with E-state index in [1.54, 1.807) is 0 Å². The molecule has 1 aromatic carbocycles. The van der Waals surface area contributed by atoms with Gasteiger partial charge < -0.3 is 0 Å². The summed E-state index contributed by atoms with van der Waals surface area (Å²) in [5, 5.41) is 2.97. The first-order valence-corrected chi connectivity index (χ1v) is 13.1. The van der Waals surface area contributed by atoms with Crippen molar-refractivity contribution in [3.05, 3.63) is 24.3 Å². The molecule has 0 spiro atoms. The molecule has 0 N–H and O–H groups in total. The van der Waals surface area contributed by atoms with Crippen LogP contribution < -0.4 is 10.6 Å². The molecule has 2 fully saturated rings. The molecule has 2 aliphatic rings. The van der Waals surface area contributed by atoms with Gasteiger partial charge in [-0.2, -0.15) is 0 Å². The lowest BCUT2D eigenvalue weighted by molar-refractivity contribution is -0.121. The van der Waals surface area contributed by atoms with Gasteiger partial charge in [-0.25, -0.2) is 0 Å². The highest BCUT2D eigenvalue weighted by Crippen LogP contribution is 2.68. The van der Waals surface area contributed by atoms with E-state index in [0.717, 1.165) is 0 Å². The topological polar surface area (TPSA) is 34.1 Å². The normalized spacial score (nSPS) is 27.0. The first-order chi connectivity index (χ1) is 12.7. The maximum Gasteiger partial charge on any atom is 0.134 e. The minimum absolute atomic E-state index is 0.000501. The molecular formula is C24H36O2P2. The number of Topliss-reactive ketones (excluding diaryl/α,β-unsaturated/α-hetero) is 2. The van der Waals surface area contributed by atoms with Crippen molar-refractivity contribution in [2.75, 3.05) is 0 Å². The van der Waals surface area contributed by atoms with Crippen molar-refractivity contribution in [2.45, 2.75) is 102 Å². The molecule has 0 atom stereocenters. The second-order valence-electron chi connectivity index (χ2n) is 11.2. The summed E-state index contributed by atoms with van der Waals surface area (Å²) in [5.74, 6) is 0.807. The minimum Gasteiger partial charge on any atom is -0.300 e. The quantitative estimate of drug-likeness (QED) is 0.574. The summed E-state index contributed by atoms with van der Waals surface area (Å²) >= 11 is 0. The van der Waals surface area contributed by atoms with Crippen LogP contribution in [0.2, 0.25) is 0 Å². The van der Waals surface area contributed by atoms with E-state index >= 15 is 0 Å². The van der Waals surface area contributed by atoms with Crippen LogP contribution in [0.4, 0.5) is 0 Å². The zero-order valence-corrected chi connectivity index (χ0v) is 20.6. The Labute approximate surface area is 173 Å². The summed E-state index contributed by atoms with van der Waals surface area (Å²) in [4.78, 5) is 25.0. The third-order valence-electron chi connectivity index (χ3n) is 6.30. The second kappa shape index (κ2) is 6.99. The fraction of sp³-hybridized carbons (Fsp3) is 0.667. The Hall–Kier alpha value is -0.580. The van der Waals surface area contributed by atoms with Gasteiger partial charge in [0.25, 0.3) is 0 Å². The van der Waals surface area contributed by atoms with Gasteiger partial charge in [0.2, 0.25) is 0 Å². The van der Waals surface area contributed by atoms with Gasteiger partial charge in [-0.15, -0.1) is 0 Å². The molecule has 1 aromatic rings. The number of rotatable bonds is 2. The molecule has 0 radical (unpaired) electrons. The lowest BCUT2D eigenvalue weighted by atomic mass is 9.96. The van der Waals surface area contributed by atoms with Crippen LogP contribution in [0, 0.1) is 0 Å². The molecule has 3 rings (SSSR count). The molecule has 0 amide bonds. The summed E-state index contributed by atoms with van der Waals surface area (Å²) in [6.07, 6.45) is 2.72. The van der Waals surface area contributed by atoms with Gasteiger partial charge in [0.15, 0.2) is 0 Å². The Morgan fingerprint density at radius 3 is 1.07 bits per heavy atom. The standard InChI is InChI=1S/C24H36O2P2/c1-21(2)13-17(25)14-22(3,4)27(21)19-11-9-10-12-20(19)28-23(5,6)15-18(26)16-24(28,7)8/h9-12H,13-16H2,1-8H3. The van der Waals surface area contributed by atoms with E-state index in [4.69, 9.17) is 0 Å². The number of carbonyl (C=O) groups is 2. The largest absolute Gasteiger partial charge is 0.300 e. The first-order valence-electron chi connectivity index (χ1n) is 10.4. The molecule has 0 aliphatic carbocycles. The molecule has 154 valence electrons. The van der Waals surface area contributed by atoms with Gasteiger partial charge in [0.05, 0.1) is 0 Å². The van der Waals surface area contributed by atoms with Crippen LogP contribution in [0.15, 0.2) is 24.3 Å². The number of hydrogen-bond donors (Lipinski definition) is 0. The molecule has 2 saturated heterocycles. The van der Waals surface area contributed by atoms with Crippen molar-refractivity contribution in [3.8, 4) is 0 Å². The van der Waals surface area contributed by atoms with Gasteiger partial charge in [-0.3, -0.25) is 9.59 Å². The Kier molecular flexibility index (Phi) is 5.52. The zero-order valence-electron chi connectivity index (χ0n) is 18.8. The predicted molar refractivity (Wildman–Crippen MR) is 124 cm³/mol. The third-order valence-corrected chi connectivity index (χ3v) is 13.7. The van der Waals surface area contributed by atoms with Crippen LogP contribution in [0.3, 0.4) is 0 Å². The molecule has 0 unspecified atom stereocenters. The van der Waals surface area contributed by atoms with Crippen molar-refractivity contribution in [2.24, 2.45) is 0 Å². The lowest BCUT2D eigenvalue weighted by Gasteiger charge is -2.53. The Balaban J connectivity index is 2.19. The maximum atomic E-state index is 12.5. The average Bonchev–Trinajstić information content (AvgIpc) is 2.42. The Morgan fingerprint density at radius 2 is 0.821 bits per heavy atom. The van der Waals surface area contributed by atoms with Crippen LogP contribution in [-0.2, 0) is 9.59 Å². The highest BCUT2D eigenvalue weighted by Gasteiger charge is 2.52. The smallest absolute Gasteiger partial charge is 0.134 e. The fourth-order valence-electron chi connectivity index (χ4n) is 6.16. The summed E-state index contributed by atoms with van der Waals surface area (Å²) < 4.78 is 0. The zero-order chi connectivity index (χ0) is 21.1. The number of ketones is 2. The van der Waals surface area contributed by atoms with E-state index < -0.39 is 15.8 Å². The van der Waals surface area contributed by atoms with Gasteiger partial charge in [0.1, 0.15) is 11.6 Å². The molecule has 0 aromatic heterocycles. The van der Waals surface area contributed by atoms with Crippen LogP contribution in [-0.4, -0.2) is 32.2 Å². The summed E-state index contributed by atoms with van der Waals surface area (Å²) in [6.45, 7) is 18.4. The predicted octanol–water partition coefficient (Wildman–Crippen LogP) is 5.74. The molecular weight excluding hydrogens is 382 g/mol. The average molecular weight is 418 g/mol. The number of hydrogen-bond acceptors (Lipinski definition) is 2. The van der Waals surface area contributed by atoms with Crippen LogP contribution in [0.1, 0.15) is 81.1 Å². The van der Waals surface area contributed by atoms with Crippen molar-refractivity contribution < 1.29 is 9.59 Å². The minimum atomic E-state index is -0.509. The Morgan fingerprint density at radius 1 is 0.571 bits per heavy atom. The molecule has 28 heavy (non-hydrogen) atoms. The lowest BCUT2D eigenvalue weighted by Crippen LogP contribution is -2.49. The summed E-state index contributed by atoms with van der Waals surface area (Å²) in [6, 6.07) is 9.03. The van der Waals surface area contributed by atoms with Crippen LogP contribution in [0.5, 0.6) is 0 Å². The van der Waals surface area contributed by atoms with Crippen molar-refractivity contribution in [1.82, 2.24) is 0 Å². The van der Waals surface area contributed by atoms with E-state index in [9.17, 15) is 9.59 Å². The van der Waals surface area contributed by atoms with Gasteiger partial charge in [-0.05, 0) is 31.2 Å². The number of carbonyl (C=O) groups excluding carboxylic acids is 2. The van der Waals surface area contributed by atoms with Gasteiger partial charge in [0, 0.05) is 25.7 Å². The first kappa shape index (κ1) is 22.1. The van der Waals surface area contributed by atoms with E-state index in [0.29, 0.717) is 37.2 Å². The summed E-state index contributed by atoms with van der Waals surface area (Å²) in [7, 11) is -1.02. The molecule has 2 aliphatic heterocycles. The fourth-order valence-corrected chi connectivity index (χ4v) is 15.1. The monoisotopic (exact) mass is 418 g/mol. The van der Waals surface area contributed by atoms with Crippen molar-refractivity contribution in [1.29, 1.82) is 0 Å². The maximum absolute atomic E-state index is 12.5. The molecule has 0 saturated carbocycles. The highest BCUT2D eigenvalue weighted by atomic mass is 31.1. The third kappa shape index (κ3) is 3.89. The molecule has 0 bridgehead atoms. The van der Waals surface area contributed by atoms with Crippen LogP contribution >= 0.6 is 15.8 Å².